The van der Waals surface area contributed by atoms with E-state index in [9.17, 15) is 14.4 Å². The molecule has 0 radical (unpaired) electrons. The van der Waals surface area contributed by atoms with Gasteiger partial charge in [0.2, 0.25) is 12.0 Å². The van der Waals surface area contributed by atoms with Gasteiger partial charge in [-0.25, -0.2) is 9.59 Å². The molecule has 28 heavy (non-hydrogen) atoms. The summed E-state index contributed by atoms with van der Waals surface area (Å²) in [7, 11) is 0. The monoisotopic (exact) mass is 399 g/mol. The molecule has 0 unspecified atom stereocenters. The van der Waals surface area contributed by atoms with Crippen molar-refractivity contribution in [1.29, 1.82) is 0 Å². The van der Waals surface area contributed by atoms with Crippen LogP contribution in [0.5, 0.6) is 0 Å². The summed E-state index contributed by atoms with van der Waals surface area (Å²) >= 11 is 1.24. The van der Waals surface area contributed by atoms with Crippen LogP contribution in [0.25, 0.3) is 0 Å². The van der Waals surface area contributed by atoms with E-state index in [1.807, 2.05) is 31.2 Å². The number of rotatable bonds is 6. The molecule has 7 heteroatoms. The smallest absolute Gasteiger partial charge is 0.347 e. The Bertz CT molecular complexity index is 881. The zero-order chi connectivity index (χ0) is 20.1. The molecule has 6 nitrogen and oxygen atoms in total. The van der Waals surface area contributed by atoms with Crippen LogP contribution in [-0.2, 0) is 19.1 Å². The third kappa shape index (κ3) is 5.13. The van der Waals surface area contributed by atoms with Gasteiger partial charge in [-0.3, -0.25) is 4.79 Å². The van der Waals surface area contributed by atoms with Gasteiger partial charge in [0.15, 0.2) is 0 Å². The molecule has 0 saturated carbocycles. The van der Waals surface area contributed by atoms with E-state index in [0.29, 0.717) is 16.9 Å². The summed E-state index contributed by atoms with van der Waals surface area (Å²) in [5.41, 5.74) is 2.15. The predicted molar refractivity (Wildman–Crippen MR) is 106 cm³/mol. The van der Waals surface area contributed by atoms with Crippen molar-refractivity contribution in [3.05, 3.63) is 59.7 Å². The highest BCUT2D eigenvalue weighted by atomic mass is 32.2. The Morgan fingerprint density at radius 1 is 1.18 bits per heavy atom. The predicted octanol–water partition coefficient (Wildman–Crippen LogP) is 3.59. The molecular weight excluding hydrogens is 378 g/mol. The van der Waals surface area contributed by atoms with Crippen LogP contribution in [-0.4, -0.2) is 35.8 Å². The van der Waals surface area contributed by atoms with Crippen LogP contribution in [0.1, 0.15) is 29.3 Å². The van der Waals surface area contributed by atoms with Crippen molar-refractivity contribution in [2.45, 2.75) is 37.4 Å². The third-order valence-corrected chi connectivity index (χ3v) is 5.25. The summed E-state index contributed by atoms with van der Waals surface area (Å²) in [6.07, 6.45) is -0.801. The number of amides is 1. The van der Waals surface area contributed by atoms with Gasteiger partial charge in [-0.2, -0.15) is 0 Å². The normalized spacial score (nSPS) is 18.4. The number of carbonyl (C=O) groups excluding carboxylic acids is 3. The summed E-state index contributed by atoms with van der Waals surface area (Å²) in [4.78, 5) is 37.0. The Kier molecular flexibility index (Phi) is 6.36. The summed E-state index contributed by atoms with van der Waals surface area (Å²) < 4.78 is 10.3. The standard InChI is InChI=1S/C21H21NO5S/c1-13-7-9-15(10-8-13)22-19(23)12-28-18-6-4-3-5-16(18)20(24)27-17-11-14(2)26-21(17)25/h3-10,14,17H,11-12H2,1-2H3,(H,22,23)/t14-,17+/m1/s1. The van der Waals surface area contributed by atoms with E-state index < -0.39 is 18.0 Å². The van der Waals surface area contributed by atoms with Gasteiger partial charge in [-0.05, 0) is 38.1 Å². The maximum Gasteiger partial charge on any atom is 0.347 e. The summed E-state index contributed by atoms with van der Waals surface area (Å²) in [6.45, 7) is 3.73. The molecule has 1 aliphatic heterocycles. The van der Waals surface area contributed by atoms with Gasteiger partial charge in [0, 0.05) is 17.0 Å². The number of hydrogen-bond donors (Lipinski definition) is 1. The van der Waals surface area contributed by atoms with Crippen molar-refractivity contribution < 1.29 is 23.9 Å². The van der Waals surface area contributed by atoms with Gasteiger partial charge >= 0.3 is 11.9 Å². The van der Waals surface area contributed by atoms with Crippen LogP contribution in [0.15, 0.2) is 53.4 Å². The first-order chi connectivity index (χ1) is 13.4. The molecule has 2 aromatic carbocycles. The first-order valence-corrected chi connectivity index (χ1v) is 9.91. The Morgan fingerprint density at radius 2 is 1.89 bits per heavy atom. The second kappa shape index (κ2) is 8.93. The van der Waals surface area contributed by atoms with Crippen LogP contribution in [0.2, 0.25) is 0 Å². The number of nitrogens with one attached hydrogen (secondary N) is 1. The number of thioether (sulfide) groups is 1. The zero-order valence-electron chi connectivity index (χ0n) is 15.6. The quantitative estimate of drug-likeness (QED) is 0.591. The van der Waals surface area contributed by atoms with Crippen molar-refractivity contribution in [2.75, 3.05) is 11.1 Å². The SMILES string of the molecule is Cc1ccc(NC(=O)CSc2ccccc2C(=O)O[C@H]2C[C@@H](C)OC2=O)cc1. The molecular formula is C21H21NO5S. The third-order valence-electron chi connectivity index (χ3n) is 4.18. The Labute approximate surface area is 167 Å². The van der Waals surface area contributed by atoms with Crippen molar-refractivity contribution in [3.63, 3.8) is 0 Å². The molecule has 1 heterocycles. The largest absolute Gasteiger partial charge is 0.460 e. The maximum atomic E-state index is 12.5. The fourth-order valence-corrected chi connectivity index (χ4v) is 3.59. The van der Waals surface area contributed by atoms with Crippen LogP contribution < -0.4 is 5.32 Å². The van der Waals surface area contributed by atoms with E-state index in [2.05, 4.69) is 5.32 Å². The minimum absolute atomic E-state index is 0.140. The number of cyclic esters (lactones) is 1. The van der Waals surface area contributed by atoms with Crippen molar-refractivity contribution in [1.82, 2.24) is 0 Å². The Balaban J connectivity index is 1.60. The number of hydrogen-bond acceptors (Lipinski definition) is 6. The number of anilines is 1. The van der Waals surface area contributed by atoms with Gasteiger partial charge in [0.05, 0.1) is 11.3 Å². The first kappa shape index (κ1) is 19.9. The number of benzene rings is 2. The molecule has 0 aromatic heterocycles. The molecule has 2 aromatic rings. The second-order valence-corrected chi connectivity index (χ2v) is 7.59. The van der Waals surface area contributed by atoms with Gasteiger partial charge in [-0.15, -0.1) is 11.8 Å². The van der Waals surface area contributed by atoms with E-state index in [0.717, 1.165) is 11.3 Å². The van der Waals surface area contributed by atoms with E-state index >= 15 is 0 Å². The van der Waals surface area contributed by atoms with E-state index in [4.69, 9.17) is 9.47 Å². The lowest BCUT2D eigenvalue weighted by atomic mass is 10.2. The minimum atomic E-state index is -0.884. The summed E-state index contributed by atoms with van der Waals surface area (Å²) in [6, 6.07) is 14.4. The number of esters is 2. The lowest BCUT2D eigenvalue weighted by Gasteiger charge is -2.12. The van der Waals surface area contributed by atoms with Crippen LogP contribution in [0.4, 0.5) is 5.69 Å². The lowest BCUT2D eigenvalue weighted by molar-refractivity contribution is -0.147. The molecule has 2 atom stereocenters. The highest BCUT2D eigenvalue weighted by Gasteiger charge is 2.35. The molecule has 0 aliphatic carbocycles. The summed E-state index contributed by atoms with van der Waals surface area (Å²) in [5.74, 6) is -1.16. The lowest BCUT2D eigenvalue weighted by Crippen LogP contribution is -2.23. The molecule has 1 saturated heterocycles. The van der Waals surface area contributed by atoms with E-state index in [-0.39, 0.29) is 17.8 Å². The molecule has 1 amide bonds. The van der Waals surface area contributed by atoms with Crippen molar-refractivity contribution in [2.24, 2.45) is 0 Å². The van der Waals surface area contributed by atoms with E-state index in [1.165, 1.54) is 11.8 Å². The number of carbonyl (C=O) groups is 3. The van der Waals surface area contributed by atoms with Gasteiger partial charge in [0.1, 0.15) is 6.10 Å². The number of aryl methyl sites for hydroxylation is 1. The zero-order valence-corrected chi connectivity index (χ0v) is 16.5. The van der Waals surface area contributed by atoms with Crippen molar-refractivity contribution in [3.8, 4) is 0 Å². The first-order valence-electron chi connectivity index (χ1n) is 8.92. The van der Waals surface area contributed by atoms with Crippen LogP contribution in [0.3, 0.4) is 0 Å². The van der Waals surface area contributed by atoms with Gasteiger partial charge in [0.25, 0.3) is 0 Å². The highest BCUT2D eigenvalue weighted by Crippen LogP contribution is 2.26. The number of ether oxygens (including phenoxy) is 2. The van der Waals surface area contributed by atoms with Crippen LogP contribution >= 0.6 is 11.8 Å². The highest BCUT2D eigenvalue weighted by molar-refractivity contribution is 8.00. The average molecular weight is 399 g/mol. The van der Waals surface area contributed by atoms with Gasteiger partial charge in [-0.1, -0.05) is 29.8 Å². The fraction of sp³-hybridized carbons (Fsp3) is 0.286. The minimum Gasteiger partial charge on any atom is -0.460 e. The molecule has 0 spiro atoms. The van der Waals surface area contributed by atoms with Crippen LogP contribution in [0, 0.1) is 6.92 Å². The average Bonchev–Trinajstić information content (AvgIpc) is 2.99. The molecule has 1 aliphatic rings. The molecule has 1 fully saturated rings. The molecule has 1 N–H and O–H groups in total. The second-order valence-electron chi connectivity index (χ2n) is 6.58. The fourth-order valence-electron chi connectivity index (χ4n) is 2.75. The van der Waals surface area contributed by atoms with Gasteiger partial charge < -0.3 is 14.8 Å². The molecule has 3 rings (SSSR count). The Morgan fingerprint density at radius 3 is 2.57 bits per heavy atom. The molecule has 146 valence electrons. The van der Waals surface area contributed by atoms with Crippen molar-refractivity contribution >= 4 is 35.3 Å². The summed E-state index contributed by atoms with van der Waals surface area (Å²) in [5, 5.41) is 2.82. The maximum absolute atomic E-state index is 12.5. The Hall–Kier alpha value is -2.80. The van der Waals surface area contributed by atoms with E-state index in [1.54, 1.807) is 31.2 Å². The molecule has 0 bridgehead atoms. The topological polar surface area (TPSA) is 81.7 Å².